The van der Waals surface area contributed by atoms with Gasteiger partial charge in [0.1, 0.15) is 0 Å². The molecule has 2 fully saturated rings. The summed E-state index contributed by atoms with van der Waals surface area (Å²) in [4.78, 5) is 15.0. The minimum absolute atomic E-state index is 0.0887. The number of aliphatic hydroxyl groups excluding tert-OH is 1. The molecule has 3 atom stereocenters. The van der Waals surface area contributed by atoms with Crippen LogP contribution in [0, 0.1) is 5.41 Å². The summed E-state index contributed by atoms with van der Waals surface area (Å²) < 4.78 is 0. The number of fused-ring (bicyclic) bond motifs is 3. The van der Waals surface area contributed by atoms with E-state index in [4.69, 9.17) is 0 Å². The second-order valence-corrected chi connectivity index (χ2v) is 7.02. The van der Waals surface area contributed by atoms with Crippen molar-refractivity contribution in [2.75, 3.05) is 6.61 Å². The molecule has 1 aromatic carbocycles. The molecule has 2 N–H and O–H groups in total. The summed E-state index contributed by atoms with van der Waals surface area (Å²) in [5, 5.41) is 18.2. The molecule has 0 saturated carbocycles. The Morgan fingerprint density at radius 1 is 1.43 bits per heavy atom. The van der Waals surface area contributed by atoms with Crippen LogP contribution in [0.2, 0.25) is 0 Å². The third-order valence-electron chi connectivity index (χ3n) is 6.03. The topological polar surface area (TPSA) is 69.2 Å². The fourth-order valence-electron chi connectivity index (χ4n) is 4.72. The van der Waals surface area contributed by atoms with Gasteiger partial charge in [-0.25, -0.2) is 0 Å². The first kappa shape index (κ1) is 14.7. The van der Waals surface area contributed by atoms with Crippen molar-refractivity contribution in [3.63, 3.8) is 0 Å². The average Bonchev–Trinajstić information content (AvgIpc) is 3.26. The van der Waals surface area contributed by atoms with E-state index in [1.54, 1.807) is 0 Å². The molecule has 23 heavy (non-hydrogen) atoms. The molecular formula is C18H23N3O2. The first-order chi connectivity index (χ1) is 11.2. The second kappa shape index (κ2) is 5.34. The highest BCUT2D eigenvalue weighted by Crippen LogP contribution is 2.51. The number of aromatic amines is 1. The van der Waals surface area contributed by atoms with Crippen LogP contribution in [0.25, 0.3) is 10.9 Å². The van der Waals surface area contributed by atoms with Gasteiger partial charge in [0.15, 0.2) is 0 Å². The quantitative estimate of drug-likeness (QED) is 0.909. The van der Waals surface area contributed by atoms with Crippen molar-refractivity contribution < 1.29 is 9.90 Å². The Balaban J connectivity index is 1.58. The maximum atomic E-state index is 12.9. The molecule has 122 valence electrons. The fourth-order valence-corrected chi connectivity index (χ4v) is 4.72. The van der Waals surface area contributed by atoms with Crippen LogP contribution < -0.4 is 0 Å². The number of carbonyl (C=O) groups excluding carboxylic acids is 1. The van der Waals surface area contributed by atoms with Gasteiger partial charge < -0.3 is 10.0 Å². The van der Waals surface area contributed by atoms with Gasteiger partial charge in [0, 0.05) is 22.9 Å². The lowest BCUT2D eigenvalue weighted by Crippen LogP contribution is -2.42. The second-order valence-electron chi connectivity index (χ2n) is 7.02. The summed E-state index contributed by atoms with van der Waals surface area (Å²) in [5.41, 5.74) is 1.70. The highest BCUT2D eigenvalue weighted by atomic mass is 16.3. The molecular weight excluding hydrogens is 290 g/mol. The lowest BCUT2D eigenvalue weighted by molar-refractivity contribution is -0.132. The third-order valence-corrected chi connectivity index (χ3v) is 6.03. The summed E-state index contributed by atoms with van der Waals surface area (Å²) in [5.74, 6) is 0.163. The SMILES string of the molecule is CC[C@]1(CO)C[C@H]2CC[C@@H]1N2C(=O)Cc1[nH]nc2ccccc12. The molecule has 5 heteroatoms. The maximum Gasteiger partial charge on any atom is 0.229 e. The summed E-state index contributed by atoms with van der Waals surface area (Å²) in [6.07, 6.45) is 4.33. The highest BCUT2D eigenvalue weighted by Gasteiger charge is 2.56. The molecule has 0 unspecified atom stereocenters. The Morgan fingerprint density at radius 2 is 2.26 bits per heavy atom. The molecule has 2 saturated heterocycles. The monoisotopic (exact) mass is 313 g/mol. The lowest BCUT2D eigenvalue weighted by Gasteiger charge is -2.34. The zero-order valence-electron chi connectivity index (χ0n) is 13.5. The molecule has 0 radical (unpaired) electrons. The molecule has 2 bridgehead atoms. The summed E-state index contributed by atoms with van der Waals surface area (Å²) in [7, 11) is 0. The van der Waals surface area contributed by atoms with Crippen molar-refractivity contribution in [2.24, 2.45) is 5.41 Å². The van der Waals surface area contributed by atoms with Crippen LogP contribution in [0.15, 0.2) is 24.3 Å². The Hall–Kier alpha value is -1.88. The molecule has 4 rings (SSSR count). The molecule has 0 aliphatic carbocycles. The van der Waals surface area contributed by atoms with Crippen molar-refractivity contribution in [2.45, 2.75) is 51.1 Å². The van der Waals surface area contributed by atoms with E-state index in [1.165, 1.54) is 0 Å². The molecule has 0 spiro atoms. The van der Waals surface area contributed by atoms with Crippen LogP contribution in [0.3, 0.4) is 0 Å². The largest absolute Gasteiger partial charge is 0.396 e. The van der Waals surface area contributed by atoms with Crippen LogP contribution >= 0.6 is 0 Å². The summed E-state index contributed by atoms with van der Waals surface area (Å²) in [6, 6.07) is 8.38. The first-order valence-corrected chi connectivity index (χ1v) is 8.52. The van der Waals surface area contributed by atoms with Gasteiger partial charge in [0.25, 0.3) is 0 Å². The van der Waals surface area contributed by atoms with E-state index >= 15 is 0 Å². The van der Waals surface area contributed by atoms with Gasteiger partial charge in [-0.2, -0.15) is 5.10 Å². The third kappa shape index (κ3) is 2.10. The van der Waals surface area contributed by atoms with E-state index in [1.807, 2.05) is 24.3 Å². The van der Waals surface area contributed by atoms with Gasteiger partial charge in [0.2, 0.25) is 5.91 Å². The van der Waals surface area contributed by atoms with Crippen LogP contribution in [-0.2, 0) is 11.2 Å². The molecule has 2 aromatic rings. The van der Waals surface area contributed by atoms with Gasteiger partial charge in [-0.15, -0.1) is 0 Å². The van der Waals surface area contributed by atoms with Gasteiger partial charge in [0.05, 0.1) is 24.2 Å². The number of nitrogens with zero attached hydrogens (tertiary/aromatic N) is 2. The number of aliphatic hydroxyl groups is 1. The van der Waals surface area contributed by atoms with Gasteiger partial charge >= 0.3 is 0 Å². The van der Waals surface area contributed by atoms with E-state index in [-0.39, 0.29) is 24.0 Å². The number of H-pyrrole nitrogens is 1. The van der Waals surface area contributed by atoms with E-state index in [2.05, 4.69) is 22.0 Å². The molecule has 1 aromatic heterocycles. The summed E-state index contributed by atoms with van der Waals surface area (Å²) in [6.45, 7) is 2.31. The zero-order chi connectivity index (χ0) is 16.0. The minimum atomic E-state index is -0.0887. The Kier molecular flexibility index (Phi) is 3.41. The number of aromatic nitrogens is 2. The first-order valence-electron chi connectivity index (χ1n) is 8.52. The average molecular weight is 313 g/mol. The van der Waals surface area contributed by atoms with E-state index < -0.39 is 0 Å². The number of hydrogen-bond donors (Lipinski definition) is 2. The van der Waals surface area contributed by atoms with Gasteiger partial charge in [-0.05, 0) is 31.7 Å². The van der Waals surface area contributed by atoms with E-state index in [0.717, 1.165) is 42.3 Å². The number of carbonyl (C=O) groups is 1. The predicted octanol–water partition coefficient (Wildman–Crippen LogP) is 2.26. The molecule has 3 heterocycles. The van der Waals surface area contributed by atoms with Crippen molar-refractivity contribution in [3.8, 4) is 0 Å². The number of nitrogens with one attached hydrogen (secondary N) is 1. The number of hydrogen-bond acceptors (Lipinski definition) is 3. The van der Waals surface area contributed by atoms with E-state index in [0.29, 0.717) is 12.5 Å². The van der Waals surface area contributed by atoms with Crippen LogP contribution in [0.1, 0.15) is 38.3 Å². The van der Waals surface area contributed by atoms with Crippen molar-refractivity contribution in [1.82, 2.24) is 15.1 Å². The Labute approximate surface area is 135 Å². The Bertz CT molecular complexity index is 735. The lowest BCUT2D eigenvalue weighted by atomic mass is 9.72. The van der Waals surface area contributed by atoms with Crippen LogP contribution in [0.4, 0.5) is 0 Å². The number of para-hydroxylation sites is 1. The maximum absolute atomic E-state index is 12.9. The van der Waals surface area contributed by atoms with Gasteiger partial charge in [-0.1, -0.05) is 25.1 Å². The molecule has 1 amide bonds. The number of benzene rings is 1. The fraction of sp³-hybridized carbons (Fsp3) is 0.556. The molecule has 2 aliphatic rings. The van der Waals surface area contributed by atoms with Crippen LogP contribution in [0.5, 0.6) is 0 Å². The van der Waals surface area contributed by atoms with Crippen molar-refractivity contribution >= 4 is 16.8 Å². The zero-order valence-corrected chi connectivity index (χ0v) is 13.5. The smallest absolute Gasteiger partial charge is 0.229 e. The normalized spacial score (nSPS) is 29.6. The summed E-state index contributed by atoms with van der Waals surface area (Å²) >= 11 is 0. The Morgan fingerprint density at radius 3 is 3.00 bits per heavy atom. The minimum Gasteiger partial charge on any atom is -0.396 e. The van der Waals surface area contributed by atoms with Crippen molar-refractivity contribution in [1.29, 1.82) is 0 Å². The number of amides is 1. The van der Waals surface area contributed by atoms with Crippen molar-refractivity contribution in [3.05, 3.63) is 30.0 Å². The van der Waals surface area contributed by atoms with E-state index in [9.17, 15) is 9.90 Å². The standard InChI is InChI=1S/C18H23N3O2/c1-2-18(11-22)10-12-7-8-16(18)21(12)17(23)9-15-13-5-3-4-6-14(13)19-20-15/h3-6,12,16,22H,2,7-11H2,1H3,(H,19,20)/t12-,16+,18-/m1/s1. The predicted molar refractivity (Wildman–Crippen MR) is 87.9 cm³/mol. The highest BCUT2D eigenvalue weighted by molar-refractivity contribution is 5.87. The van der Waals surface area contributed by atoms with Crippen LogP contribution in [-0.4, -0.2) is 44.8 Å². The molecule has 5 nitrogen and oxygen atoms in total. The van der Waals surface area contributed by atoms with Gasteiger partial charge in [-0.3, -0.25) is 9.89 Å². The molecule has 2 aliphatic heterocycles. The number of rotatable bonds is 4.